The Labute approximate surface area is 299 Å². The van der Waals surface area contributed by atoms with E-state index in [0.29, 0.717) is 37.7 Å². The van der Waals surface area contributed by atoms with Crippen LogP contribution in [0.2, 0.25) is 0 Å². The number of hydrogen-bond acceptors (Lipinski definition) is 8. The van der Waals surface area contributed by atoms with Crippen molar-refractivity contribution >= 4 is 5.97 Å². The maximum atomic E-state index is 12.0. The molecule has 264 valence electrons. The molecule has 8 heteroatoms. The summed E-state index contributed by atoms with van der Waals surface area (Å²) < 4.78 is 44.6. The van der Waals surface area contributed by atoms with Gasteiger partial charge in [0.25, 0.3) is 0 Å². The second kappa shape index (κ2) is 19.0. The number of hydrogen-bond donors (Lipinski definition) is 0. The molecule has 1 aliphatic rings. The zero-order valence-electron chi connectivity index (χ0n) is 28.8. The summed E-state index contributed by atoms with van der Waals surface area (Å²) in [5.41, 5.74) is 4.58. The smallest absolute Gasteiger partial charge is 0.337 e. The lowest BCUT2D eigenvalue weighted by Gasteiger charge is -2.46. The van der Waals surface area contributed by atoms with Crippen LogP contribution in [-0.4, -0.2) is 56.8 Å². The number of rotatable bonds is 17. The van der Waals surface area contributed by atoms with E-state index in [9.17, 15) is 4.79 Å². The molecular weight excluding hydrogens is 644 g/mol. The van der Waals surface area contributed by atoms with Crippen LogP contribution in [0.5, 0.6) is 5.75 Å². The average Bonchev–Trinajstić information content (AvgIpc) is 3.19. The van der Waals surface area contributed by atoms with Crippen LogP contribution < -0.4 is 4.74 Å². The van der Waals surface area contributed by atoms with Crippen LogP contribution in [0, 0.1) is 0 Å². The zero-order valence-corrected chi connectivity index (χ0v) is 28.8. The Morgan fingerprint density at radius 3 is 1.37 bits per heavy atom. The first-order chi connectivity index (χ1) is 25.2. The van der Waals surface area contributed by atoms with Crippen molar-refractivity contribution in [2.24, 2.45) is 0 Å². The van der Waals surface area contributed by atoms with Crippen LogP contribution in [0.3, 0.4) is 0 Å². The fraction of sp³-hybridized carbons (Fsp3) is 0.279. The molecule has 1 fully saturated rings. The normalized spacial score (nSPS) is 20.1. The van der Waals surface area contributed by atoms with Crippen molar-refractivity contribution in [3.05, 3.63) is 173 Å². The Morgan fingerprint density at radius 2 is 0.922 bits per heavy atom. The Kier molecular flexibility index (Phi) is 13.4. The van der Waals surface area contributed by atoms with Crippen molar-refractivity contribution < 1.29 is 38.0 Å². The minimum atomic E-state index is -0.575. The highest BCUT2D eigenvalue weighted by atomic mass is 16.6. The van der Waals surface area contributed by atoms with Crippen LogP contribution in [0.1, 0.15) is 32.6 Å². The van der Waals surface area contributed by atoms with E-state index in [1.54, 1.807) is 24.3 Å². The molecule has 8 nitrogen and oxygen atoms in total. The Hall–Kier alpha value is -4.83. The maximum absolute atomic E-state index is 12.0. The lowest BCUT2D eigenvalue weighted by atomic mass is 9.94. The third-order valence-corrected chi connectivity index (χ3v) is 8.67. The highest BCUT2D eigenvalue weighted by molar-refractivity contribution is 5.89. The van der Waals surface area contributed by atoms with Gasteiger partial charge in [-0.05, 0) is 46.5 Å². The molecule has 0 aliphatic carbocycles. The highest BCUT2D eigenvalue weighted by Gasteiger charge is 2.48. The van der Waals surface area contributed by atoms with E-state index in [-0.39, 0.29) is 13.2 Å². The van der Waals surface area contributed by atoms with Gasteiger partial charge in [-0.25, -0.2) is 4.79 Å². The standard InChI is InChI=1S/C43H44O8/c1-45-43(44)36-22-24-37(25-23-36)47-31-39-41(49-28-34-18-10-4-11-19-34)42(50-29-35-20-12-5-13-21-35)40(48-27-33-16-8-3-9-17-33)38(51-39)30-46-26-32-14-6-2-7-15-32/h2-25,38-42H,26-31H2,1H3. The number of benzene rings is 5. The Bertz CT molecular complexity index is 1720. The van der Waals surface area contributed by atoms with E-state index < -0.39 is 36.5 Å². The Morgan fingerprint density at radius 1 is 0.510 bits per heavy atom. The SMILES string of the molecule is COC(=O)c1ccc(OCC2OC(COCc3ccccc3)C(OCc3ccccc3)C(OCc3ccccc3)C2OCc2ccccc2)cc1. The molecule has 1 saturated heterocycles. The van der Waals surface area contributed by atoms with E-state index >= 15 is 0 Å². The number of carbonyl (C=O) groups is 1. The highest BCUT2D eigenvalue weighted by Crippen LogP contribution is 2.32. The molecule has 0 amide bonds. The van der Waals surface area contributed by atoms with Crippen LogP contribution >= 0.6 is 0 Å². The lowest BCUT2D eigenvalue weighted by Crippen LogP contribution is -2.62. The number of ether oxygens (including phenoxy) is 7. The quantitative estimate of drug-likeness (QED) is 0.0925. The van der Waals surface area contributed by atoms with E-state index in [2.05, 4.69) is 0 Å². The maximum Gasteiger partial charge on any atom is 0.337 e. The summed E-state index contributed by atoms with van der Waals surface area (Å²) in [6.07, 6.45) is -2.73. The summed E-state index contributed by atoms with van der Waals surface area (Å²) in [5.74, 6) is 0.166. The van der Waals surface area contributed by atoms with Crippen LogP contribution in [0.15, 0.2) is 146 Å². The average molecular weight is 689 g/mol. The van der Waals surface area contributed by atoms with Crippen molar-refractivity contribution in [3.63, 3.8) is 0 Å². The number of carbonyl (C=O) groups excluding carboxylic acids is 1. The van der Waals surface area contributed by atoms with Crippen molar-refractivity contribution in [1.82, 2.24) is 0 Å². The third kappa shape index (κ3) is 10.6. The van der Waals surface area contributed by atoms with Gasteiger partial charge in [0.15, 0.2) is 0 Å². The molecule has 5 unspecified atom stereocenters. The van der Waals surface area contributed by atoms with Gasteiger partial charge in [-0.15, -0.1) is 0 Å². The van der Waals surface area contributed by atoms with Gasteiger partial charge < -0.3 is 33.2 Å². The molecule has 5 aromatic rings. The summed E-state index contributed by atoms with van der Waals surface area (Å²) in [7, 11) is 1.36. The van der Waals surface area contributed by atoms with Crippen molar-refractivity contribution in [2.45, 2.75) is 56.9 Å². The largest absolute Gasteiger partial charge is 0.491 e. The summed E-state index contributed by atoms with van der Waals surface area (Å²) >= 11 is 0. The molecule has 5 aromatic carbocycles. The third-order valence-electron chi connectivity index (χ3n) is 8.67. The molecule has 0 spiro atoms. The molecule has 51 heavy (non-hydrogen) atoms. The van der Waals surface area contributed by atoms with Gasteiger partial charge in [-0.3, -0.25) is 0 Å². The second-order valence-electron chi connectivity index (χ2n) is 12.3. The van der Waals surface area contributed by atoms with Gasteiger partial charge in [-0.1, -0.05) is 121 Å². The first kappa shape index (κ1) is 36.0. The van der Waals surface area contributed by atoms with Gasteiger partial charge in [0.2, 0.25) is 0 Å². The van der Waals surface area contributed by atoms with E-state index in [1.165, 1.54) is 7.11 Å². The van der Waals surface area contributed by atoms with Crippen molar-refractivity contribution in [3.8, 4) is 5.75 Å². The van der Waals surface area contributed by atoms with Crippen LogP contribution in [-0.2, 0) is 54.8 Å². The molecule has 6 rings (SSSR count). The summed E-state index contributed by atoms with van der Waals surface area (Å²) in [4.78, 5) is 12.0. The van der Waals surface area contributed by atoms with Gasteiger partial charge in [0.1, 0.15) is 42.9 Å². The fourth-order valence-electron chi connectivity index (χ4n) is 6.00. The minimum Gasteiger partial charge on any atom is -0.491 e. The predicted octanol–water partition coefficient (Wildman–Crippen LogP) is 7.59. The summed E-state index contributed by atoms with van der Waals surface area (Å²) in [6, 6.07) is 47.0. The number of methoxy groups -OCH3 is 1. The van der Waals surface area contributed by atoms with Gasteiger partial charge in [0, 0.05) is 0 Å². The summed E-state index contributed by atoms with van der Waals surface area (Å²) in [5, 5.41) is 0. The predicted molar refractivity (Wildman–Crippen MR) is 193 cm³/mol. The molecule has 5 atom stereocenters. The van der Waals surface area contributed by atoms with Crippen LogP contribution in [0.4, 0.5) is 0 Å². The Balaban J connectivity index is 1.29. The van der Waals surface area contributed by atoms with E-state index in [4.69, 9.17) is 33.2 Å². The van der Waals surface area contributed by atoms with Gasteiger partial charge >= 0.3 is 5.97 Å². The van der Waals surface area contributed by atoms with E-state index in [0.717, 1.165) is 22.3 Å². The lowest BCUT2D eigenvalue weighted by molar-refractivity contribution is -0.276. The molecular formula is C43H44O8. The number of esters is 1. The molecule has 0 saturated carbocycles. The zero-order chi connectivity index (χ0) is 35.1. The summed E-state index contributed by atoms with van der Waals surface area (Å²) in [6.45, 7) is 1.88. The van der Waals surface area contributed by atoms with E-state index in [1.807, 2.05) is 121 Å². The monoisotopic (exact) mass is 688 g/mol. The molecule has 0 N–H and O–H groups in total. The van der Waals surface area contributed by atoms with Gasteiger partial charge in [-0.2, -0.15) is 0 Å². The molecule has 0 bridgehead atoms. The first-order valence-electron chi connectivity index (χ1n) is 17.2. The topological polar surface area (TPSA) is 81.7 Å². The van der Waals surface area contributed by atoms with Crippen LogP contribution in [0.25, 0.3) is 0 Å². The minimum absolute atomic E-state index is 0.156. The molecule has 0 aromatic heterocycles. The van der Waals surface area contributed by atoms with Gasteiger partial charge in [0.05, 0.1) is 45.7 Å². The van der Waals surface area contributed by atoms with Crippen molar-refractivity contribution in [2.75, 3.05) is 20.3 Å². The first-order valence-corrected chi connectivity index (χ1v) is 17.2. The molecule has 1 heterocycles. The molecule has 0 radical (unpaired) electrons. The molecule has 1 aliphatic heterocycles. The fourth-order valence-corrected chi connectivity index (χ4v) is 6.00. The second-order valence-corrected chi connectivity index (χ2v) is 12.3. The van der Waals surface area contributed by atoms with Crippen molar-refractivity contribution in [1.29, 1.82) is 0 Å².